The van der Waals surface area contributed by atoms with E-state index in [0.29, 0.717) is 5.75 Å². The van der Waals surface area contributed by atoms with Gasteiger partial charge in [0, 0.05) is 5.54 Å². The minimum absolute atomic E-state index is 0.177. The molecule has 13 heavy (non-hydrogen) atoms. The van der Waals surface area contributed by atoms with Gasteiger partial charge in [-0.25, -0.2) is 0 Å². The second-order valence-corrected chi connectivity index (χ2v) is 4.35. The molecule has 1 saturated carbocycles. The first-order valence-corrected chi connectivity index (χ1v) is 5.15. The quantitative estimate of drug-likeness (QED) is 0.834. The summed E-state index contributed by atoms with van der Waals surface area (Å²) in [6.07, 6.45) is 2.36. The first-order valence-electron chi connectivity index (χ1n) is 4.36. The number of hydrogen-bond donors (Lipinski definition) is 2. The molecule has 2 rings (SSSR count). The standard InChI is InChI=1S/C10H12BrNO/c1-12-10(4-5-10)7-2-3-9(13)8(11)6-7/h2-3,6,12-13H,4-5H2,1H3. The third kappa shape index (κ3) is 1.46. The molecule has 70 valence electrons. The Balaban J connectivity index is 2.37. The Kier molecular flexibility index (Phi) is 2.08. The van der Waals surface area contributed by atoms with Gasteiger partial charge >= 0.3 is 0 Å². The maximum absolute atomic E-state index is 9.34. The Morgan fingerprint density at radius 3 is 2.62 bits per heavy atom. The van der Waals surface area contributed by atoms with Crippen LogP contribution in [-0.2, 0) is 5.54 Å². The van der Waals surface area contributed by atoms with E-state index in [1.807, 2.05) is 19.2 Å². The van der Waals surface area contributed by atoms with E-state index >= 15 is 0 Å². The first kappa shape index (κ1) is 9.03. The van der Waals surface area contributed by atoms with Crippen LogP contribution >= 0.6 is 15.9 Å². The molecule has 1 aromatic rings. The van der Waals surface area contributed by atoms with Crippen LogP contribution in [0.2, 0.25) is 0 Å². The van der Waals surface area contributed by atoms with E-state index in [1.54, 1.807) is 6.07 Å². The molecule has 0 aromatic heterocycles. The lowest BCUT2D eigenvalue weighted by Gasteiger charge is -2.14. The molecule has 0 aliphatic heterocycles. The van der Waals surface area contributed by atoms with E-state index in [-0.39, 0.29) is 5.54 Å². The number of nitrogens with one attached hydrogen (secondary N) is 1. The number of halogens is 1. The zero-order chi connectivity index (χ0) is 9.47. The molecule has 0 spiro atoms. The van der Waals surface area contributed by atoms with Gasteiger partial charge in [0.05, 0.1) is 4.47 Å². The molecule has 0 atom stereocenters. The van der Waals surface area contributed by atoms with Crippen molar-refractivity contribution < 1.29 is 5.11 Å². The van der Waals surface area contributed by atoms with Gasteiger partial charge in [0.15, 0.2) is 0 Å². The molecule has 0 heterocycles. The monoisotopic (exact) mass is 241 g/mol. The van der Waals surface area contributed by atoms with Crippen molar-refractivity contribution in [2.24, 2.45) is 0 Å². The van der Waals surface area contributed by atoms with Crippen LogP contribution in [0.25, 0.3) is 0 Å². The minimum Gasteiger partial charge on any atom is -0.507 e. The zero-order valence-corrected chi connectivity index (χ0v) is 9.06. The lowest BCUT2D eigenvalue weighted by atomic mass is 10.1. The zero-order valence-electron chi connectivity index (χ0n) is 7.47. The van der Waals surface area contributed by atoms with Crippen LogP contribution in [-0.4, -0.2) is 12.2 Å². The number of rotatable bonds is 2. The predicted octanol–water partition coefficient (Wildman–Crippen LogP) is 2.36. The molecule has 1 aliphatic rings. The summed E-state index contributed by atoms with van der Waals surface area (Å²) in [6.45, 7) is 0. The van der Waals surface area contributed by atoms with Gasteiger partial charge in [-0.15, -0.1) is 0 Å². The van der Waals surface area contributed by atoms with Crippen LogP contribution in [0.5, 0.6) is 5.75 Å². The molecule has 2 N–H and O–H groups in total. The Morgan fingerprint density at radius 1 is 1.46 bits per heavy atom. The number of hydrogen-bond acceptors (Lipinski definition) is 2. The summed E-state index contributed by atoms with van der Waals surface area (Å²) >= 11 is 3.32. The van der Waals surface area contributed by atoms with E-state index in [1.165, 1.54) is 18.4 Å². The van der Waals surface area contributed by atoms with E-state index in [2.05, 4.69) is 21.2 Å². The van der Waals surface area contributed by atoms with Crippen molar-refractivity contribution >= 4 is 15.9 Å². The average Bonchev–Trinajstić information content (AvgIpc) is 2.90. The van der Waals surface area contributed by atoms with Gasteiger partial charge in [0.25, 0.3) is 0 Å². The molecular weight excluding hydrogens is 230 g/mol. The van der Waals surface area contributed by atoms with E-state index in [4.69, 9.17) is 0 Å². The minimum atomic E-state index is 0.177. The SMILES string of the molecule is CNC1(c2ccc(O)c(Br)c2)CC1. The highest BCUT2D eigenvalue weighted by atomic mass is 79.9. The van der Waals surface area contributed by atoms with Gasteiger partial charge in [-0.2, -0.15) is 0 Å². The van der Waals surface area contributed by atoms with Crippen LogP contribution in [0.4, 0.5) is 0 Å². The summed E-state index contributed by atoms with van der Waals surface area (Å²) in [5, 5.41) is 12.6. The van der Waals surface area contributed by atoms with Gasteiger partial charge < -0.3 is 10.4 Å². The fourth-order valence-electron chi connectivity index (χ4n) is 1.61. The normalized spacial score (nSPS) is 18.6. The Morgan fingerprint density at radius 2 is 2.15 bits per heavy atom. The van der Waals surface area contributed by atoms with Gasteiger partial charge in [-0.1, -0.05) is 6.07 Å². The number of phenols is 1. The lowest BCUT2D eigenvalue weighted by Crippen LogP contribution is -2.24. The summed E-state index contributed by atoms with van der Waals surface area (Å²) in [4.78, 5) is 0. The highest BCUT2D eigenvalue weighted by Gasteiger charge is 2.42. The molecule has 1 fully saturated rings. The van der Waals surface area contributed by atoms with Crippen LogP contribution in [0.15, 0.2) is 22.7 Å². The van der Waals surface area contributed by atoms with Crippen molar-refractivity contribution in [3.63, 3.8) is 0 Å². The van der Waals surface area contributed by atoms with Crippen LogP contribution in [0, 0.1) is 0 Å². The Bertz CT molecular complexity index is 334. The van der Waals surface area contributed by atoms with Crippen molar-refractivity contribution in [1.29, 1.82) is 0 Å². The molecular formula is C10H12BrNO. The van der Waals surface area contributed by atoms with E-state index in [9.17, 15) is 5.11 Å². The number of benzene rings is 1. The van der Waals surface area contributed by atoms with Crippen LogP contribution in [0.1, 0.15) is 18.4 Å². The Labute approximate surface area is 86.1 Å². The van der Waals surface area contributed by atoms with Gasteiger partial charge in [0.1, 0.15) is 5.75 Å². The third-order valence-electron chi connectivity index (χ3n) is 2.73. The van der Waals surface area contributed by atoms with Gasteiger partial charge in [-0.05, 0) is 53.5 Å². The molecule has 1 aromatic carbocycles. The molecule has 0 amide bonds. The smallest absolute Gasteiger partial charge is 0.129 e. The summed E-state index contributed by atoms with van der Waals surface area (Å²) in [5.41, 5.74) is 1.43. The first-order chi connectivity index (χ1) is 6.18. The second-order valence-electron chi connectivity index (χ2n) is 3.50. The van der Waals surface area contributed by atoms with Gasteiger partial charge in [0.2, 0.25) is 0 Å². The van der Waals surface area contributed by atoms with E-state index < -0.39 is 0 Å². The average molecular weight is 242 g/mol. The molecule has 0 bridgehead atoms. The molecule has 3 heteroatoms. The van der Waals surface area contributed by atoms with Crippen LogP contribution in [0.3, 0.4) is 0 Å². The lowest BCUT2D eigenvalue weighted by molar-refractivity contribution is 0.470. The van der Waals surface area contributed by atoms with Crippen molar-refractivity contribution in [3.05, 3.63) is 28.2 Å². The van der Waals surface area contributed by atoms with Crippen molar-refractivity contribution in [2.45, 2.75) is 18.4 Å². The van der Waals surface area contributed by atoms with Crippen LogP contribution < -0.4 is 5.32 Å². The molecule has 0 radical (unpaired) electrons. The Hall–Kier alpha value is -0.540. The fraction of sp³-hybridized carbons (Fsp3) is 0.400. The predicted molar refractivity (Wildman–Crippen MR) is 55.8 cm³/mol. The van der Waals surface area contributed by atoms with Crippen molar-refractivity contribution in [3.8, 4) is 5.75 Å². The van der Waals surface area contributed by atoms with Gasteiger partial charge in [-0.3, -0.25) is 0 Å². The number of aromatic hydroxyl groups is 1. The second kappa shape index (κ2) is 3.00. The fourth-order valence-corrected chi connectivity index (χ4v) is 1.99. The molecule has 0 unspecified atom stereocenters. The highest BCUT2D eigenvalue weighted by Crippen LogP contribution is 2.46. The topological polar surface area (TPSA) is 32.3 Å². The van der Waals surface area contributed by atoms with E-state index in [0.717, 1.165) is 4.47 Å². The molecule has 1 aliphatic carbocycles. The highest BCUT2D eigenvalue weighted by molar-refractivity contribution is 9.10. The summed E-state index contributed by atoms with van der Waals surface area (Å²) in [5.74, 6) is 0.302. The maximum atomic E-state index is 9.34. The summed E-state index contributed by atoms with van der Waals surface area (Å²) in [6, 6.07) is 5.69. The van der Waals surface area contributed by atoms with Crippen molar-refractivity contribution in [2.75, 3.05) is 7.05 Å². The third-order valence-corrected chi connectivity index (χ3v) is 3.36. The largest absolute Gasteiger partial charge is 0.507 e. The summed E-state index contributed by atoms with van der Waals surface area (Å²) in [7, 11) is 1.98. The molecule has 2 nitrogen and oxygen atoms in total. The number of phenolic OH excluding ortho intramolecular Hbond substituents is 1. The summed E-state index contributed by atoms with van der Waals surface area (Å²) < 4.78 is 0.770. The maximum Gasteiger partial charge on any atom is 0.129 e. The van der Waals surface area contributed by atoms with Crippen molar-refractivity contribution in [1.82, 2.24) is 5.32 Å². The molecule has 0 saturated heterocycles.